The highest BCUT2D eigenvalue weighted by Gasteiger charge is 2.24. The third kappa shape index (κ3) is 4.74. The lowest BCUT2D eigenvalue weighted by atomic mass is 10.2. The van der Waals surface area contributed by atoms with Gasteiger partial charge >= 0.3 is 6.03 Å². The molecule has 1 aromatic heterocycles. The van der Waals surface area contributed by atoms with E-state index in [1.165, 1.54) is 0 Å². The molecule has 0 aromatic carbocycles. The number of piperazine rings is 1. The molecule has 0 aliphatic carbocycles. The van der Waals surface area contributed by atoms with Crippen molar-refractivity contribution in [2.45, 2.75) is 20.3 Å². The number of nitrogens with one attached hydrogen (secondary N) is 1. The number of carbonyl (C=O) groups excluding carboxylic acids is 2. The Morgan fingerprint density at radius 2 is 1.90 bits per heavy atom. The number of hydrogen-bond donors (Lipinski definition) is 1. The van der Waals surface area contributed by atoms with Crippen LogP contribution >= 0.6 is 11.3 Å². The minimum absolute atomic E-state index is 0.0194. The summed E-state index contributed by atoms with van der Waals surface area (Å²) in [7, 11) is 0. The first kappa shape index (κ1) is 15.8. The van der Waals surface area contributed by atoms with E-state index in [1.807, 2.05) is 22.4 Å². The summed E-state index contributed by atoms with van der Waals surface area (Å²) >= 11 is 1.61. The van der Waals surface area contributed by atoms with Gasteiger partial charge in [-0.3, -0.25) is 4.79 Å². The zero-order valence-corrected chi connectivity index (χ0v) is 13.5. The van der Waals surface area contributed by atoms with Crippen LogP contribution in [0.3, 0.4) is 0 Å². The average Bonchev–Trinajstić information content (AvgIpc) is 2.97. The zero-order chi connectivity index (χ0) is 15.2. The van der Waals surface area contributed by atoms with Crippen molar-refractivity contribution < 1.29 is 9.59 Å². The van der Waals surface area contributed by atoms with Crippen LogP contribution in [0.15, 0.2) is 17.5 Å². The number of hydrogen-bond acceptors (Lipinski definition) is 3. The highest BCUT2D eigenvalue weighted by Crippen LogP contribution is 2.12. The van der Waals surface area contributed by atoms with Crippen LogP contribution in [0.2, 0.25) is 0 Å². The normalized spacial score (nSPS) is 15.4. The second kappa shape index (κ2) is 7.45. The predicted molar refractivity (Wildman–Crippen MR) is 84.4 cm³/mol. The van der Waals surface area contributed by atoms with E-state index in [0.717, 1.165) is 4.88 Å². The lowest BCUT2D eigenvalue weighted by Gasteiger charge is -2.34. The topological polar surface area (TPSA) is 52.7 Å². The molecule has 0 spiro atoms. The molecule has 2 heterocycles. The van der Waals surface area contributed by atoms with Crippen molar-refractivity contribution in [2.75, 3.05) is 32.7 Å². The molecular weight excluding hydrogens is 286 g/mol. The Hall–Kier alpha value is -1.56. The lowest BCUT2D eigenvalue weighted by Crippen LogP contribution is -2.53. The van der Waals surface area contributed by atoms with E-state index in [0.29, 0.717) is 45.1 Å². The van der Waals surface area contributed by atoms with Crippen molar-refractivity contribution >= 4 is 23.3 Å². The standard InChI is InChI=1S/C15H23N3O2S/c1-12(2)11-16-15(20)18-7-5-17(6-8-18)14(19)10-13-4-3-9-21-13/h3-4,9,12H,5-8,10-11H2,1-2H3,(H,16,20). The predicted octanol–water partition coefficient (Wildman–Crippen LogP) is 1.80. The molecular formula is C15H23N3O2S. The van der Waals surface area contributed by atoms with E-state index in [4.69, 9.17) is 0 Å². The molecule has 0 saturated carbocycles. The van der Waals surface area contributed by atoms with Crippen LogP contribution in [0.4, 0.5) is 4.79 Å². The number of rotatable bonds is 4. The highest BCUT2D eigenvalue weighted by atomic mass is 32.1. The van der Waals surface area contributed by atoms with Gasteiger partial charge in [0.05, 0.1) is 6.42 Å². The summed E-state index contributed by atoms with van der Waals surface area (Å²) in [5.41, 5.74) is 0. The zero-order valence-electron chi connectivity index (χ0n) is 12.7. The van der Waals surface area contributed by atoms with Crippen molar-refractivity contribution in [1.29, 1.82) is 0 Å². The summed E-state index contributed by atoms with van der Waals surface area (Å²) in [6.45, 7) is 7.30. The monoisotopic (exact) mass is 309 g/mol. The molecule has 21 heavy (non-hydrogen) atoms. The molecule has 0 unspecified atom stereocenters. The van der Waals surface area contributed by atoms with Gasteiger partial charge in [0.2, 0.25) is 5.91 Å². The van der Waals surface area contributed by atoms with Crippen LogP contribution in [-0.2, 0) is 11.2 Å². The molecule has 0 bridgehead atoms. The maximum Gasteiger partial charge on any atom is 0.317 e. The number of nitrogens with zero attached hydrogens (tertiary/aromatic N) is 2. The number of thiophene rings is 1. The van der Waals surface area contributed by atoms with E-state index in [-0.39, 0.29) is 11.9 Å². The quantitative estimate of drug-likeness (QED) is 0.922. The summed E-state index contributed by atoms with van der Waals surface area (Å²) < 4.78 is 0. The van der Waals surface area contributed by atoms with Gasteiger partial charge in [-0.1, -0.05) is 19.9 Å². The number of urea groups is 1. The third-order valence-corrected chi connectivity index (χ3v) is 4.36. The van der Waals surface area contributed by atoms with Gasteiger partial charge in [0.1, 0.15) is 0 Å². The molecule has 0 atom stereocenters. The molecule has 1 aliphatic rings. The van der Waals surface area contributed by atoms with Gasteiger partial charge in [-0.05, 0) is 17.4 Å². The van der Waals surface area contributed by atoms with Crippen LogP contribution < -0.4 is 5.32 Å². The highest BCUT2D eigenvalue weighted by molar-refractivity contribution is 7.10. The van der Waals surface area contributed by atoms with Gasteiger partial charge in [-0.15, -0.1) is 11.3 Å². The molecule has 1 saturated heterocycles. The maximum atomic E-state index is 12.2. The van der Waals surface area contributed by atoms with Crippen LogP contribution in [-0.4, -0.2) is 54.5 Å². The molecule has 5 nitrogen and oxygen atoms in total. The first-order chi connectivity index (χ1) is 10.1. The Morgan fingerprint density at radius 3 is 2.48 bits per heavy atom. The second-order valence-corrected chi connectivity index (χ2v) is 6.74. The minimum atomic E-state index is -0.0194. The van der Waals surface area contributed by atoms with E-state index < -0.39 is 0 Å². The lowest BCUT2D eigenvalue weighted by molar-refractivity contribution is -0.131. The van der Waals surface area contributed by atoms with Gasteiger partial charge in [0.25, 0.3) is 0 Å². The van der Waals surface area contributed by atoms with Gasteiger partial charge in [-0.2, -0.15) is 0 Å². The fraction of sp³-hybridized carbons (Fsp3) is 0.600. The molecule has 1 aliphatic heterocycles. The Labute approximate surface area is 129 Å². The third-order valence-electron chi connectivity index (χ3n) is 3.49. The van der Waals surface area contributed by atoms with Gasteiger partial charge in [0, 0.05) is 37.6 Å². The van der Waals surface area contributed by atoms with Crippen LogP contribution in [0.1, 0.15) is 18.7 Å². The first-order valence-corrected chi connectivity index (χ1v) is 8.27. The smallest absolute Gasteiger partial charge is 0.317 e. The molecule has 1 aromatic rings. The first-order valence-electron chi connectivity index (χ1n) is 7.39. The summed E-state index contributed by atoms with van der Waals surface area (Å²) in [6, 6.07) is 3.93. The van der Waals surface area contributed by atoms with E-state index in [9.17, 15) is 9.59 Å². The van der Waals surface area contributed by atoms with Crippen molar-refractivity contribution in [3.8, 4) is 0 Å². The Kier molecular flexibility index (Phi) is 5.61. The second-order valence-electron chi connectivity index (χ2n) is 5.70. The largest absolute Gasteiger partial charge is 0.339 e. The van der Waals surface area contributed by atoms with Gasteiger partial charge in [-0.25, -0.2) is 4.79 Å². The van der Waals surface area contributed by atoms with Crippen LogP contribution in [0.25, 0.3) is 0 Å². The van der Waals surface area contributed by atoms with Gasteiger partial charge < -0.3 is 15.1 Å². The molecule has 6 heteroatoms. The Morgan fingerprint density at radius 1 is 1.24 bits per heavy atom. The van der Waals surface area contributed by atoms with E-state index in [2.05, 4.69) is 19.2 Å². The van der Waals surface area contributed by atoms with Crippen molar-refractivity contribution in [2.24, 2.45) is 5.92 Å². The summed E-state index contributed by atoms with van der Waals surface area (Å²) in [5.74, 6) is 0.599. The fourth-order valence-corrected chi connectivity index (χ4v) is 2.93. The molecule has 0 radical (unpaired) electrons. The van der Waals surface area contributed by atoms with Gasteiger partial charge in [0.15, 0.2) is 0 Å². The summed E-state index contributed by atoms with van der Waals surface area (Å²) in [4.78, 5) is 28.9. The molecule has 2 rings (SSSR count). The molecule has 116 valence electrons. The maximum absolute atomic E-state index is 12.2. The van der Waals surface area contributed by atoms with Crippen LogP contribution in [0.5, 0.6) is 0 Å². The van der Waals surface area contributed by atoms with Crippen molar-refractivity contribution in [3.63, 3.8) is 0 Å². The molecule has 1 fully saturated rings. The molecule has 1 N–H and O–H groups in total. The van der Waals surface area contributed by atoms with Crippen molar-refractivity contribution in [1.82, 2.24) is 15.1 Å². The number of amides is 3. The van der Waals surface area contributed by atoms with Crippen LogP contribution in [0, 0.1) is 5.92 Å². The van der Waals surface area contributed by atoms with E-state index in [1.54, 1.807) is 16.2 Å². The average molecular weight is 309 g/mol. The Bertz CT molecular complexity index is 465. The number of carbonyl (C=O) groups is 2. The molecule has 3 amide bonds. The SMILES string of the molecule is CC(C)CNC(=O)N1CCN(C(=O)Cc2cccs2)CC1. The van der Waals surface area contributed by atoms with Crippen molar-refractivity contribution in [3.05, 3.63) is 22.4 Å². The Balaban J connectivity index is 1.75. The fourth-order valence-electron chi connectivity index (χ4n) is 2.24. The summed E-state index contributed by atoms with van der Waals surface area (Å²) in [5, 5.41) is 4.90. The van der Waals surface area contributed by atoms with E-state index >= 15 is 0 Å². The minimum Gasteiger partial charge on any atom is -0.339 e. The summed E-state index contributed by atoms with van der Waals surface area (Å²) in [6.07, 6.45) is 0.469.